The molecule has 202 valence electrons. The molecule has 1 aliphatic heterocycles. The molecule has 0 saturated carbocycles. The molecule has 0 fully saturated rings. The van der Waals surface area contributed by atoms with Crippen molar-refractivity contribution in [2.24, 2.45) is 10.9 Å². The van der Waals surface area contributed by atoms with Crippen LogP contribution < -0.4 is 14.8 Å². The molecule has 6 heteroatoms. The average Bonchev–Trinajstić information content (AvgIpc) is 3.47. The van der Waals surface area contributed by atoms with Crippen molar-refractivity contribution in [2.75, 3.05) is 12.4 Å². The number of halogens is 2. The summed E-state index contributed by atoms with van der Waals surface area (Å²) in [6.45, 7) is 2.60. The van der Waals surface area contributed by atoms with Crippen LogP contribution in [-0.4, -0.2) is 13.3 Å². The summed E-state index contributed by atoms with van der Waals surface area (Å²) in [5.41, 5.74) is 8.17. The van der Waals surface area contributed by atoms with E-state index in [-0.39, 0.29) is 6.04 Å². The van der Waals surface area contributed by atoms with Crippen LogP contribution in [0, 0.1) is 16.4 Å². The second-order valence-corrected chi connectivity index (χ2v) is 12.0. The van der Waals surface area contributed by atoms with Crippen molar-refractivity contribution in [3.05, 3.63) is 127 Å². The number of allylic oxidation sites excluding steroid dienone is 2. The molecular weight excluding hydrogens is 631 g/mol. The van der Waals surface area contributed by atoms with Crippen molar-refractivity contribution < 1.29 is 9.47 Å². The highest BCUT2D eigenvalue weighted by Crippen LogP contribution is 2.50. The molecule has 4 aromatic carbocycles. The maximum atomic E-state index is 6.10. The van der Waals surface area contributed by atoms with Crippen LogP contribution in [-0.2, 0) is 6.61 Å². The normalized spacial score (nSPS) is 19.2. The zero-order valence-electron chi connectivity index (χ0n) is 22.4. The van der Waals surface area contributed by atoms with Gasteiger partial charge in [-0.2, -0.15) is 0 Å². The minimum atomic E-state index is 0.277. The summed E-state index contributed by atoms with van der Waals surface area (Å²) in [4.78, 5) is 4.75. The zero-order valence-corrected chi connectivity index (χ0v) is 25.3. The van der Waals surface area contributed by atoms with Gasteiger partial charge in [-0.1, -0.05) is 65.7 Å². The van der Waals surface area contributed by atoms with Crippen LogP contribution in [0.5, 0.6) is 11.5 Å². The van der Waals surface area contributed by atoms with Crippen LogP contribution >= 0.6 is 34.2 Å². The van der Waals surface area contributed by atoms with Crippen LogP contribution in [0.25, 0.3) is 0 Å². The first-order valence-electron chi connectivity index (χ1n) is 13.4. The van der Waals surface area contributed by atoms with E-state index in [0.29, 0.717) is 29.2 Å². The third-order valence-electron chi connectivity index (χ3n) is 7.68. The van der Waals surface area contributed by atoms with Gasteiger partial charge in [-0.3, -0.25) is 4.99 Å². The Morgan fingerprint density at radius 2 is 1.82 bits per heavy atom. The fourth-order valence-corrected chi connectivity index (χ4v) is 6.56. The highest BCUT2D eigenvalue weighted by Gasteiger charge is 2.37. The number of hydrogen-bond acceptors (Lipinski definition) is 4. The molecular formula is C34H30ClIN2O2. The number of nitrogens with one attached hydrogen (secondary N) is 1. The summed E-state index contributed by atoms with van der Waals surface area (Å²) in [5, 5.41) is 4.53. The van der Waals surface area contributed by atoms with Crippen molar-refractivity contribution >= 4 is 51.8 Å². The molecule has 0 saturated heterocycles. The van der Waals surface area contributed by atoms with E-state index in [2.05, 4.69) is 95.5 Å². The standard InChI is InChI=1S/C34H30ClIN2O2/c1-21-6-15-31-29(16-21)27-4-3-5-28(27)33(38-31)24-9-13-26(14-10-24)37-19-23-17-30(36)34(32(18-23)39-2)40-20-22-7-11-25(35)12-8-22/h3-4,6-19,27-28,33,38H,5,20H2,1-2H3/t27-,28+,33-/m0/s1. The second kappa shape index (κ2) is 11.7. The van der Waals surface area contributed by atoms with Crippen molar-refractivity contribution in [2.45, 2.75) is 31.9 Å². The number of methoxy groups -OCH3 is 1. The van der Waals surface area contributed by atoms with Crippen molar-refractivity contribution in [3.63, 3.8) is 0 Å². The van der Waals surface area contributed by atoms with Crippen LogP contribution in [0.15, 0.2) is 96.0 Å². The highest BCUT2D eigenvalue weighted by atomic mass is 127. The number of ether oxygens (including phenoxy) is 2. The third kappa shape index (κ3) is 5.63. The third-order valence-corrected chi connectivity index (χ3v) is 8.73. The Balaban J connectivity index is 1.16. The van der Waals surface area contributed by atoms with Gasteiger partial charge in [-0.25, -0.2) is 0 Å². The molecule has 4 nitrogen and oxygen atoms in total. The summed E-state index contributed by atoms with van der Waals surface area (Å²) >= 11 is 8.28. The Bertz CT molecular complexity index is 1580. The summed E-state index contributed by atoms with van der Waals surface area (Å²) in [7, 11) is 1.66. The lowest BCUT2D eigenvalue weighted by molar-refractivity contribution is 0.282. The SMILES string of the molecule is COc1cc(C=Nc2ccc([C@@H]3Nc4ccc(C)cc4[C@H]4C=CC[C@H]43)cc2)cc(I)c1OCc1ccc(Cl)cc1. The Hall–Kier alpha value is -3.29. The summed E-state index contributed by atoms with van der Waals surface area (Å²) in [6.07, 6.45) is 7.69. The molecule has 6 rings (SSSR count). The van der Waals surface area contributed by atoms with Gasteiger partial charge in [0.2, 0.25) is 0 Å². The number of anilines is 1. The van der Waals surface area contributed by atoms with E-state index >= 15 is 0 Å². The fraction of sp³-hybridized carbons (Fsp3) is 0.206. The van der Waals surface area contributed by atoms with Crippen molar-refractivity contribution in [1.29, 1.82) is 0 Å². The van der Waals surface area contributed by atoms with Crippen LogP contribution in [0.1, 0.15) is 46.2 Å². The van der Waals surface area contributed by atoms with Crippen molar-refractivity contribution in [3.8, 4) is 11.5 Å². The lowest BCUT2D eigenvalue weighted by Gasteiger charge is -2.37. The van der Waals surface area contributed by atoms with E-state index in [1.807, 2.05) is 36.5 Å². The van der Waals surface area contributed by atoms with Gasteiger partial charge in [0.05, 0.1) is 22.4 Å². The topological polar surface area (TPSA) is 42.8 Å². The van der Waals surface area contributed by atoms with Gasteiger partial charge in [0.25, 0.3) is 0 Å². The lowest BCUT2D eigenvalue weighted by Crippen LogP contribution is -2.29. The molecule has 0 amide bonds. The predicted molar refractivity (Wildman–Crippen MR) is 173 cm³/mol. The average molecular weight is 661 g/mol. The van der Waals surface area contributed by atoms with Gasteiger partial charge in [0.1, 0.15) is 6.61 Å². The zero-order chi connectivity index (χ0) is 27.6. The maximum absolute atomic E-state index is 6.10. The predicted octanol–water partition coefficient (Wildman–Crippen LogP) is 9.42. The van der Waals surface area contributed by atoms with Crippen molar-refractivity contribution in [1.82, 2.24) is 0 Å². The van der Waals surface area contributed by atoms with E-state index in [4.69, 9.17) is 26.1 Å². The summed E-state index contributed by atoms with van der Waals surface area (Å²) in [5.74, 6) is 2.39. The van der Waals surface area contributed by atoms with Gasteiger partial charge >= 0.3 is 0 Å². The number of aryl methyl sites for hydroxylation is 1. The van der Waals surface area contributed by atoms with Gasteiger partial charge < -0.3 is 14.8 Å². The quantitative estimate of drug-likeness (QED) is 0.122. The Morgan fingerprint density at radius 1 is 1.02 bits per heavy atom. The molecule has 3 atom stereocenters. The maximum Gasteiger partial charge on any atom is 0.174 e. The number of hydrogen-bond donors (Lipinski definition) is 1. The molecule has 1 N–H and O–H groups in total. The first-order valence-corrected chi connectivity index (χ1v) is 14.9. The Labute approximate surface area is 254 Å². The lowest BCUT2D eigenvalue weighted by atomic mass is 9.76. The molecule has 0 radical (unpaired) electrons. The molecule has 1 aliphatic carbocycles. The largest absolute Gasteiger partial charge is 0.493 e. The molecule has 4 aromatic rings. The summed E-state index contributed by atoms with van der Waals surface area (Å²) in [6, 6.07) is 27.3. The van der Waals surface area contributed by atoms with Crippen LogP contribution in [0.2, 0.25) is 5.02 Å². The van der Waals surface area contributed by atoms with Gasteiger partial charge in [-0.15, -0.1) is 0 Å². The smallest absolute Gasteiger partial charge is 0.174 e. The molecule has 1 heterocycles. The molecule has 0 spiro atoms. The van der Waals surface area contributed by atoms with Crippen LogP contribution in [0.4, 0.5) is 11.4 Å². The second-order valence-electron chi connectivity index (χ2n) is 10.4. The van der Waals surface area contributed by atoms with E-state index < -0.39 is 0 Å². The number of aliphatic imine (C=N–C) groups is 1. The number of fused-ring (bicyclic) bond motifs is 3. The van der Waals surface area contributed by atoms with E-state index in [1.54, 1.807) is 7.11 Å². The van der Waals surface area contributed by atoms with Gasteiger partial charge in [-0.05, 0) is 107 Å². The molecule has 0 bridgehead atoms. The first-order chi connectivity index (χ1) is 19.5. The molecule has 2 aliphatic rings. The van der Waals surface area contributed by atoms with Gasteiger partial charge in [0, 0.05) is 22.8 Å². The fourth-order valence-electron chi connectivity index (χ4n) is 5.65. The molecule has 0 unspecified atom stereocenters. The van der Waals surface area contributed by atoms with Gasteiger partial charge in [0.15, 0.2) is 11.5 Å². The number of nitrogens with zero attached hydrogens (tertiary/aromatic N) is 1. The number of benzene rings is 4. The van der Waals surface area contributed by atoms with E-state index in [9.17, 15) is 0 Å². The van der Waals surface area contributed by atoms with E-state index in [0.717, 1.165) is 32.6 Å². The van der Waals surface area contributed by atoms with Crippen LogP contribution in [0.3, 0.4) is 0 Å². The molecule has 40 heavy (non-hydrogen) atoms. The monoisotopic (exact) mass is 660 g/mol. The highest BCUT2D eigenvalue weighted by molar-refractivity contribution is 14.1. The Morgan fingerprint density at radius 3 is 2.60 bits per heavy atom. The van der Waals surface area contributed by atoms with E-state index in [1.165, 1.54) is 22.4 Å². The minimum Gasteiger partial charge on any atom is -0.493 e. The minimum absolute atomic E-state index is 0.277. The molecule has 0 aromatic heterocycles. The first kappa shape index (κ1) is 26.9. The summed E-state index contributed by atoms with van der Waals surface area (Å²) < 4.78 is 12.7. The number of rotatable bonds is 7. The Kier molecular flexibility index (Phi) is 7.85.